The summed E-state index contributed by atoms with van der Waals surface area (Å²) in [5.74, 6) is 0.524. The highest BCUT2D eigenvalue weighted by molar-refractivity contribution is 5.77. The van der Waals surface area contributed by atoms with Gasteiger partial charge >= 0.3 is 0 Å². The number of carbonyl (C=O) groups is 1. The van der Waals surface area contributed by atoms with Gasteiger partial charge in [0.2, 0.25) is 5.88 Å². The zero-order chi connectivity index (χ0) is 20.8. The molecule has 2 heterocycles. The first-order valence-corrected chi connectivity index (χ1v) is 9.25. The van der Waals surface area contributed by atoms with Crippen LogP contribution in [0.15, 0.2) is 66.7 Å². The molecule has 1 amide bonds. The van der Waals surface area contributed by atoms with Crippen LogP contribution in [0, 0.1) is 5.82 Å². The van der Waals surface area contributed by atoms with Crippen molar-refractivity contribution >= 4 is 11.6 Å². The molecule has 4 aromatic rings. The van der Waals surface area contributed by atoms with Crippen LogP contribution >= 0.6 is 0 Å². The largest absolute Gasteiger partial charge is 0.484 e. The molecule has 0 unspecified atom stereocenters. The Hall–Kier alpha value is -4.01. The highest BCUT2D eigenvalue weighted by atomic mass is 19.1. The molecule has 2 aromatic heterocycles. The molecule has 9 heteroatoms. The predicted octanol–water partition coefficient (Wildman–Crippen LogP) is 2.50. The first-order chi connectivity index (χ1) is 14.7. The molecule has 0 aliphatic carbocycles. The first kappa shape index (κ1) is 19.3. The van der Waals surface area contributed by atoms with Crippen LogP contribution in [0.4, 0.5) is 4.39 Å². The molecule has 0 aliphatic heterocycles. The third-order valence-electron chi connectivity index (χ3n) is 4.11. The van der Waals surface area contributed by atoms with Gasteiger partial charge in [0.15, 0.2) is 18.1 Å². The number of amides is 1. The van der Waals surface area contributed by atoms with Crippen LogP contribution < -0.4 is 14.8 Å². The number of ether oxygens (including phenoxy) is 2. The quantitative estimate of drug-likeness (QED) is 0.452. The van der Waals surface area contributed by atoms with Gasteiger partial charge in [0, 0.05) is 17.7 Å². The van der Waals surface area contributed by atoms with E-state index in [0.29, 0.717) is 23.1 Å². The molecule has 0 fully saturated rings. The van der Waals surface area contributed by atoms with Crippen molar-refractivity contribution in [2.75, 3.05) is 19.8 Å². The summed E-state index contributed by atoms with van der Waals surface area (Å²) in [5, 5.41) is 15.4. The number of benzene rings is 2. The minimum atomic E-state index is -0.422. The van der Waals surface area contributed by atoms with Crippen molar-refractivity contribution in [1.29, 1.82) is 0 Å². The minimum absolute atomic E-state index is 0.213. The zero-order valence-corrected chi connectivity index (χ0v) is 15.9. The van der Waals surface area contributed by atoms with Crippen LogP contribution in [0.25, 0.3) is 17.0 Å². The minimum Gasteiger partial charge on any atom is -0.484 e. The van der Waals surface area contributed by atoms with Crippen LogP contribution in [-0.2, 0) is 4.79 Å². The molecule has 0 atom stereocenters. The smallest absolute Gasteiger partial charge is 0.258 e. The van der Waals surface area contributed by atoms with E-state index in [1.54, 1.807) is 22.7 Å². The summed E-state index contributed by atoms with van der Waals surface area (Å²) < 4.78 is 25.5. The first-order valence-electron chi connectivity index (χ1n) is 9.25. The van der Waals surface area contributed by atoms with E-state index in [9.17, 15) is 9.18 Å². The number of hydrogen-bond acceptors (Lipinski definition) is 6. The van der Waals surface area contributed by atoms with E-state index in [4.69, 9.17) is 9.47 Å². The van der Waals surface area contributed by atoms with Crippen molar-refractivity contribution in [2.24, 2.45) is 0 Å². The monoisotopic (exact) mass is 407 g/mol. The molecule has 0 radical (unpaired) electrons. The van der Waals surface area contributed by atoms with Crippen molar-refractivity contribution in [3.8, 4) is 23.0 Å². The van der Waals surface area contributed by atoms with E-state index in [2.05, 4.69) is 20.6 Å². The molecule has 0 aliphatic rings. The second kappa shape index (κ2) is 8.99. The molecule has 8 nitrogen and oxygen atoms in total. The number of nitrogens with one attached hydrogen (secondary N) is 1. The molecule has 0 saturated heterocycles. The van der Waals surface area contributed by atoms with Crippen LogP contribution in [-0.4, -0.2) is 45.5 Å². The predicted molar refractivity (Wildman–Crippen MR) is 107 cm³/mol. The second-order valence-electron chi connectivity index (χ2n) is 6.28. The molecule has 4 rings (SSSR count). The van der Waals surface area contributed by atoms with E-state index >= 15 is 0 Å². The molecule has 0 saturated carbocycles. The Morgan fingerprint density at radius 3 is 2.70 bits per heavy atom. The third kappa shape index (κ3) is 4.69. The highest BCUT2D eigenvalue weighted by Gasteiger charge is 2.10. The molecule has 1 N–H and O–H groups in total. The molecule has 30 heavy (non-hydrogen) atoms. The fourth-order valence-corrected chi connectivity index (χ4v) is 2.72. The Bertz CT molecular complexity index is 1150. The standard InChI is InChI=1S/C21H18FN5O3/c22-16-7-4-8-17(13-16)30-14-19(28)23-11-12-29-20-10-9-18-24-25-21(27(18)26-20)15-5-2-1-3-6-15/h1-10,13H,11-12,14H2,(H,23,28). The molecular weight excluding hydrogens is 389 g/mol. The average molecular weight is 407 g/mol. The van der Waals surface area contributed by atoms with E-state index in [1.165, 1.54) is 18.2 Å². The van der Waals surface area contributed by atoms with Crippen LogP contribution in [0.1, 0.15) is 0 Å². The summed E-state index contributed by atoms with van der Waals surface area (Å²) in [5.41, 5.74) is 1.49. The van der Waals surface area contributed by atoms with Gasteiger partial charge in [0.05, 0.1) is 6.54 Å². The van der Waals surface area contributed by atoms with Gasteiger partial charge in [-0.25, -0.2) is 4.39 Å². The summed E-state index contributed by atoms with van der Waals surface area (Å²) in [7, 11) is 0. The van der Waals surface area contributed by atoms with Crippen molar-refractivity contribution in [3.63, 3.8) is 0 Å². The van der Waals surface area contributed by atoms with Gasteiger partial charge in [-0.05, 0) is 18.2 Å². The lowest BCUT2D eigenvalue weighted by Gasteiger charge is -2.09. The maximum absolute atomic E-state index is 13.1. The van der Waals surface area contributed by atoms with Gasteiger partial charge in [-0.15, -0.1) is 15.3 Å². The topological polar surface area (TPSA) is 90.6 Å². The van der Waals surface area contributed by atoms with E-state index < -0.39 is 5.82 Å². The normalized spacial score (nSPS) is 10.7. The molecular formula is C21H18FN5O3. The molecule has 2 aromatic carbocycles. The Kier molecular flexibility index (Phi) is 5.79. The lowest BCUT2D eigenvalue weighted by Crippen LogP contribution is -2.32. The van der Waals surface area contributed by atoms with Gasteiger partial charge in [0.1, 0.15) is 18.2 Å². The fraction of sp³-hybridized carbons (Fsp3) is 0.143. The number of rotatable bonds is 8. The Balaban J connectivity index is 1.28. The van der Waals surface area contributed by atoms with Gasteiger partial charge < -0.3 is 14.8 Å². The van der Waals surface area contributed by atoms with Gasteiger partial charge in [-0.3, -0.25) is 4.79 Å². The van der Waals surface area contributed by atoms with Gasteiger partial charge in [0.25, 0.3) is 5.91 Å². The molecule has 152 valence electrons. The van der Waals surface area contributed by atoms with Crippen molar-refractivity contribution < 1.29 is 18.7 Å². The zero-order valence-electron chi connectivity index (χ0n) is 15.9. The summed E-state index contributed by atoms with van der Waals surface area (Å²) in [6.07, 6.45) is 0. The van der Waals surface area contributed by atoms with E-state index in [1.807, 2.05) is 30.3 Å². The van der Waals surface area contributed by atoms with Crippen molar-refractivity contribution in [1.82, 2.24) is 25.1 Å². The van der Waals surface area contributed by atoms with Gasteiger partial charge in [-0.2, -0.15) is 4.52 Å². The van der Waals surface area contributed by atoms with Crippen LogP contribution in [0.3, 0.4) is 0 Å². The van der Waals surface area contributed by atoms with E-state index in [0.717, 1.165) is 5.56 Å². The van der Waals surface area contributed by atoms with Gasteiger partial charge in [-0.1, -0.05) is 36.4 Å². The SMILES string of the molecule is O=C(COc1cccc(F)c1)NCCOc1ccc2nnc(-c3ccccc3)n2n1. The number of fused-ring (bicyclic) bond motifs is 1. The van der Waals surface area contributed by atoms with Crippen molar-refractivity contribution in [2.45, 2.75) is 0 Å². The Morgan fingerprint density at radius 2 is 1.87 bits per heavy atom. The number of hydrogen-bond donors (Lipinski definition) is 1. The maximum atomic E-state index is 13.1. The summed E-state index contributed by atoms with van der Waals surface area (Å²) >= 11 is 0. The molecule has 0 bridgehead atoms. The lowest BCUT2D eigenvalue weighted by atomic mass is 10.2. The Labute approximate surface area is 171 Å². The summed E-state index contributed by atoms with van der Waals surface area (Å²) in [6.45, 7) is 0.264. The lowest BCUT2D eigenvalue weighted by molar-refractivity contribution is -0.123. The number of carbonyl (C=O) groups excluding carboxylic acids is 1. The number of nitrogens with zero attached hydrogens (tertiary/aromatic N) is 4. The number of halogens is 1. The Morgan fingerprint density at radius 1 is 1.00 bits per heavy atom. The third-order valence-corrected chi connectivity index (χ3v) is 4.11. The van der Waals surface area contributed by atoms with Crippen LogP contribution in [0.5, 0.6) is 11.6 Å². The van der Waals surface area contributed by atoms with E-state index in [-0.39, 0.29) is 25.7 Å². The maximum Gasteiger partial charge on any atom is 0.258 e. The van der Waals surface area contributed by atoms with Crippen LogP contribution in [0.2, 0.25) is 0 Å². The summed E-state index contributed by atoms with van der Waals surface area (Å²) in [6, 6.07) is 18.7. The average Bonchev–Trinajstić information content (AvgIpc) is 3.19. The highest BCUT2D eigenvalue weighted by Crippen LogP contribution is 2.18. The van der Waals surface area contributed by atoms with Crippen molar-refractivity contribution in [3.05, 3.63) is 72.5 Å². The molecule has 0 spiro atoms. The number of aromatic nitrogens is 4. The second-order valence-corrected chi connectivity index (χ2v) is 6.28. The summed E-state index contributed by atoms with van der Waals surface area (Å²) in [4.78, 5) is 11.8. The fourth-order valence-electron chi connectivity index (χ4n) is 2.72.